The van der Waals surface area contributed by atoms with Crippen molar-refractivity contribution in [1.82, 2.24) is 14.5 Å². The second-order valence-corrected chi connectivity index (χ2v) is 8.42. The van der Waals surface area contributed by atoms with E-state index in [2.05, 4.69) is 16.7 Å². The van der Waals surface area contributed by atoms with Crippen molar-refractivity contribution >= 4 is 16.1 Å². The van der Waals surface area contributed by atoms with Gasteiger partial charge in [0.15, 0.2) is 0 Å². The summed E-state index contributed by atoms with van der Waals surface area (Å²) in [5, 5.41) is -0.534. The van der Waals surface area contributed by atoms with E-state index in [9.17, 15) is 13.2 Å². The van der Waals surface area contributed by atoms with Crippen molar-refractivity contribution in [1.29, 1.82) is 0 Å². The van der Waals surface area contributed by atoms with Gasteiger partial charge in [-0.2, -0.15) is 0 Å². The summed E-state index contributed by atoms with van der Waals surface area (Å²) in [5.41, 5.74) is 0. The highest BCUT2D eigenvalue weighted by Crippen LogP contribution is 2.17. The summed E-state index contributed by atoms with van der Waals surface area (Å²) in [4.78, 5) is 16.1. The molecule has 24 heavy (non-hydrogen) atoms. The molecule has 9 heteroatoms. The number of nitrogens with one attached hydrogen (secondary N) is 1. The first-order valence-electron chi connectivity index (χ1n) is 8.51. The lowest BCUT2D eigenvalue weighted by molar-refractivity contribution is 0.0977. The molecule has 2 fully saturated rings. The second kappa shape index (κ2) is 8.98. The van der Waals surface area contributed by atoms with E-state index in [1.165, 1.54) is 0 Å². The normalized spacial score (nSPS) is 21.2. The topological polar surface area (TPSA) is 88.2 Å². The van der Waals surface area contributed by atoms with Crippen LogP contribution in [0.5, 0.6) is 0 Å². The van der Waals surface area contributed by atoms with Crippen LogP contribution < -0.4 is 4.72 Å². The fourth-order valence-electron chi connectivity index (χ4n) is 3.18. The standard InChI is InChI=1S/C15H29N3O5S/c1-17(9-12-22-2)13-3-7-18(8-4-13)15(19)16-24(20,21)14-5-10-23-11-6-14/h13-14H,3-12H2,1-2H3,(H,16,19). The van der Waals surface area contributed by atoms with Gasteiger partial charge in [-0.15, -0.1) is 0 Å². The number of carbonyl (C=O) groups excluding carboxylic acids is 1. The minimum Gasteiger partial charge on any atom is -0.383 e. The molecule has 140 valence electrons. The third-order valence-electron chi connectivity index (χ3n) is 4.86. The van der Waals surface area contributed by atoms with E-state index in [1.54, 1.807) is 12.0 Å². The van der Waals surface area contributed by atoms with Gasteiger partial charge in [-0.25, -0.2) is 17.9 Å². The monoisotopic (exact) mass is 363 g/mol. The quantitative estimate of drug-likeness (QED) is 0.728. The number of urea groups is 1. The van der Waals surface area contributed by atoms with Crippen LogP contribution >= 0.6 is 0 Å². The third kappa shape index (κ3) is 5.30. The number of rotatable bonds is 6. The Kier molecular flexibility index (Phi) is 7.27. The van der Waals surface area contributed by atoms with E-state index in [0.29, 0.717) is 51.8 Å². The maximum absolute atomic E-state index is 12.3. The number of amides is 2. The predicted octanol–water partition coefficient (Wildman–Crippen LogP) is 0.247. The zero-order valence-electron chi connectivity index (χ0n) is 14.6. The highest BCUT2D eigenvalue weighted by molar-refractivity contribution is 7.90. The molecule has 0 saturated carbocycles. The van der Waals surface area contributed by atoms with E-state index in [1.807, 2.05) is 0 Å². The van der Waals surface area contributed by atoms with Crippen LogP contribution in [0.1, 0.15) is 25.7 Å². The van der Waals surface area contributed by atoms with Crippen molar-refractivity contribution < 1.29 is 22.7 Å². The summed E-state index contributed by atoms with van der Waals surface area (Å²) in [6.45, 7) is 3.53. The Bertz CT molecular complexity index is 499. The zero-order chi connectivity index (χ0) is 17.6. The summed E-state index contributed by atoms with van der Waals surface area (Å²) < 4.78 is 37.1. The maximum atomic E-state index is 12.3. The maximum Gasteiger partial charge on any atom is 0.331 e. The third-order valence-corrected chi connectivity index (χ3v) is 6.67. The molecule has 2 rings (SSSR count). The average molecular weight is 363 g/mol. The van der Waals surface area contributed by atoms with E-state index >= 15 is 0 Å². The highest BCUT2D eigenvalue weighted by Gasteiger charge is 2.32. The number of methoxy groups -OCH3 is 1. The van der Waals surface area contributed by atoms with Gasteiger partial charge < -0.3 is 19.3 Å². The van der Waals surface area contributed by atoms with Gasteiger partial charge in [0, 0.05) is 46.0 Å². The van der Waals surface area contributed by atoms with Crippen LogP contribution in [0.4, 0.5) is 4.79 Å². The molecular weight excluding hydrogens is 334 g/mol. The lowest BCUT2D eigenvalue weighted by Gasteiger charge is -2.36. The van der Waals surface area contributed by atoms with Crippen LogP contribution in [0.3, 0.4) is 0 Å². The summed E-state index contributed by atoms with van der Waals surface area (Å²) in [6, 6.07) is -0.101. The number of piperidine rings is 1. The van der Waals surface area contributed by atoms with Crippen LogP contribution in [-0.2, 0) is 19.5 Å². The van der Waals surface area contributed by atoms with Crippen LogP contribution in [0, 0.1) is 0 Å². The van der Waals surface area contributed by atoms with E-state index in [-0.39, 0.29) is 0 Å². The molecular formula is C15H29N3O5S. The average Bonchev–Trinajstić information content (AvgIpc) is 2.60. The van der Waals surface area contributed by atoms with Crippen molar-refractivity contribution in [2.75, 3.05) is 53.6 Å². The zero-order valence-corrected chi connectivity index (χ0v) is 15.4. The van der Waals surface area contributed by atoms with E-state index < -0.39 is 21.3 Å². The molecule has 0 aromatic carbocycles. The number of likely N-dealkylation sites (N-methyl/N-ethyl adjacent to an activating group) is 1. The van der Waals surface area contributed by atoms with Gasteiger partial charge in [-0.05, 0) is 32.7 Å². The molecule has 0 aromatic heterocycles. The van der Waals surface area contributed by atoms with Crippen molar-refractivity contribution in [3.05, 3.63) is 0 Å². The van der Waals surface area contributed by atoms with Crippen molar-refractivity contribution in [3.8, 4) is 0 Å². The highest BCUT2D eigenvalue weighted by atomic mass is 32.2. The summed E-state index contributed by atoms with van der Waals surface area (Å²) in [7, 11) is 0.109. The van der Waals surface area contributed by atoms with Gasteiger partial charge in [-0.1, -0.05) is 0 Å². The minimum atomic E-state index is -3.62. The van der Waals surface area contributed by atoms with Crippen molar-refractivity contribution in [2.45, 2.75) is 37.0 Å². The second-order valence-electron chi connectivity index (χ2n) is 6.46. The molecule has 0 radical (unpaired) electrons. The Balaban J connectivity index is 1.80. The summed E-state index contributed by atoms with van der Waals surface area (Å²) >= 11 is 0. The lowest BCUT2D eigenvalue weighted by Crippen LogP contribution is -2.52. The molecule has 0 aliphatic carbocycles. The first kappa shape index (κ1) is 19.4. The fourth-order valence-corrected chi connectivity index (χ4v) is 4.54. The molecule has 0 unspecified atom stereocenters. The first-order chi connectivity index (χ1) is 11.4. The molecule has 2 saturated heterocycles. The molecule has 2 amide bonds. The molecule has 1 N–H and O–H groups in total. The SMILES string of the molecule is COCCN(C)C1CCN(C(=O)NS(=O)(=O)C2CCOCC2)CC1. The van der Waals surface area contributed by atoms with Gasteiger partial charge in [0.2, 0.25) is 10.0 Å². The Morgan fingerprint density at radius 2 is 1.88 bits per heavy atom. The lowest BCUT2D eigenvalue weighted by atomic mass is 10.0. The fraction of sp³-hybridized carbons (Fsp3) is 0.933. The van der Waals surface area contributed by atoms with Crippen LogP contribution in [-0.4, -0.2) is 89.2 Å². The van der Waals surface area contributed by atoms with Crippen molar-refractivity contribution in [2.24, 2.45) is 0 Å². The van der Waals surface area contributed by atoms with Gasteiger partial charge in [0.05, 0.1) is 11.9 Å². The van der Waals surface area contributed by atoms with Crippen LogP contribution in [0.25, 0.3) is 0 Å². The smallest absolute Gasteiger partial charge is 0.331 e. The Morgan fingerprint density at radius 1 is 1.25 bits per heavy atom. The molecule has 2 aliphatic rings. The Hall–Kier alpha value is -0.900. The first-order valence-corrected chi connectivity index (χ1v) is 10.1. The number of carbonyl (C=O) groups is 1. The molecule has 2 aliphatic heterocycles. The molecule has 0 aromatic rings. The number of nitrogens with zero attached hydrogens (tertiary/aromatic N) is 2. The van der Waals surface area contributed by atoms with Gasteiger partial charge in [0.1, 0.15) is 0 Å². The number of hydrogen-bond donors (Lipinski definition) is 1. The molecule has 0 spiro atoms. The van der Waals surface area contributed by atoms with Crippen molar-refractivity contribution in [3.63, 3.8) is 0 Å². The van der Waals surface area contributed by atoms with Gasteiger partial charge in [0.25, 0.3) is 0 Å². The molecule has 8 nitrogen and oxygen atoms in total. The number of sulfonamides is 1. The minimum absolute atomic E-state index is 0.399. The summed E-state index contributed by atoms with van der Waals surface area (Å²) in [5.74, 6) is 0. The van der Waals surface area contributed by atoms with Crippen LogP contribution in [0.15, 0.2) is 0 Å². The predicted molar refractivity (Wildman–Crippen MR) is 90.4 cm³/mol. The van der Waals surface area contributed by atoms with Gasteiger partial charge in [-0.3, -0.25) is 0 Å². The molecule has 0 atom stereocenters. The number of ether oxygens (including phenoxy) is 2. The van der Waals surface area contributed by atoms with E-state index in [4.69, 9.17) is 9.47 Å². The Morgan fingerprint density at radius 3 is 2.46 bits per heavy atom. The number of hydrogen-bond acceptors (Lipinski definition) is 6. The number of likely N-dealkylation sites (tertiary alicyclic amines) is 1. The van der Waals surface area contributed by atoms with E-state index in [0.717, 1.165) is 19.4 Å². The Labute approximate surface area is 144 Å². The molecule has 0 bridgehead atoms. The molecule has 2 heterocycles. The van der Waals surface area contributed by atoms with Crippen LogP contribution in [0.2, 0.25) is 0 Å². The summed E-state index contributed by atoms with van der Waals surface area (Å²) in [6.07, 6.45) is 2.56. The van der Waals surface area contributed by atoms with Gasteiger partial charge >= 0.3 is 6.03 Å². The largest absolute Gasteiger partial charge is 0.383 e.